The SMILES string of the molecule is CC(=O)CCCCSc1ccc2ccccc2c1. The summed E-state index contributed by atoms with van der Waals surface area (Å²) in [5.74, 6) is 1.39. The molecule has 94 valence electrons. The van der Waals surface area contributed by atoms with Crippen LogP contribution in [0.3, 0.4) is 0 Å². The Bertz CT molecular complexity index is 533. The molecule has 0 fully saturated rings. The molecule has 0 saturated carbocycles. The average molecular weight is 258 g/mol. The second-order valence-electron chi connectivity index (χ2n) is 4.52. The summed E-state index contributed by atoms with van der Waals surface area (Å²) < 4.78 is 0. The molecule has 0 atom stereocenters. The van der Waals surface area contributed by atoms with Crippen LogP contribution in [-0.2, 0) is 4.79 Å². The fraction of sp³-hybridized carbons (Fsp3) is 0.312. The Hall–Kier alpha value is -1.28. The average Bonchev–Trinajstić information content (AvgIpc) is 2.38. The molecule has 2 heteroatoms. The summed E-state index contributed by atoms with van der Waals surface area (Å²) in [6, 6.07) is 15.0. The van der Waals surface area contributed by atoms with E-state index in [1.54, 1.807) is 6.92 Å². The van der Waals surface area contributed by atoms with E-state index in [9.17, 15) is 4.79 Å². The van der Waals surface area contributed by atoms with Crippen LogP contribution in [0.5, 0.6) is 0 Å². The van der Waals surface area contributed by atoms with Crippen LogP contribution in [0.4, 0.5) is 0 Å². The van der Waals surface area contributed by atoms with Gasteiger partial charge in [0.05, 0.1) is 0 Å². The lowest BCUT2D eigenvalue weighted by molar-refractivity contribution is -0.117. The fourth-order valence-electron chi connectivity index (χ4n) is 1.92. The zero-order valence-electron chi connectivity index (χ0n) is 10.7. The van der Waals surface area contributed by atoms with Crippen molar-refractivity contribution in [1.29, 1.82) is 0 Å². The van der Waals surface area contributed by atoms with Crippen LogP contribution >= 0.6 is 11.8 Å². The van der Waals surface area contributed by atoms with Crippen molar-refractivity contribution in [3.8, 4) is 0 Å². The van der Waals surface area contributed by atoms with Gasteiger partial charge in [-0.2, -0.15) is 0 Å². The normalized spacial score (nSPS) is 10.7. The number of thioether (sulfide) groups is 1. The van der Waals surface area contributed by atoms with Crippen molar-refractivity contribution in [2.75, 3.05) is 5.75 Å². The number of fused-ring (bicyclic) bond motifs is 1. The minimum atomic E-state index is 0.297. The molecule has 0 amide bonds. The molecule has 0 aliphatic carbocycles. The van der Waals surface area contributed by atoms with E-state index < -0.39 is 0 Å². The highest BCUT2D eigenvalue weighted by molar-refractivity contribution is 7.99. The number of hydrogen-bond acceptors (Lipinski definition) is 2. The van der Waals surface area contributed by atoms with Gasteiger partial charge in [0.15, 0.2) is 0 Å². The molecular weight excluding hydrogens is 240 g/mol. The van der Waals surface area contributed by atoms with E-state index in [4.69, 9.17) is 0 Å². The molecule has 2 aromatic carbocycles. The van der Waals surface area contributed by atoms with Crippen molar-refractivity contribution in [2.24, 2.45) is 0 Å². The molecule has 0 aliphatic heterocycles. The van der Waals surface area contributed by atoms with E-state index >= 15 is 0 Å². The van der Waals surface area contributed by atoms with Gasteiger partial charge in [0.1, 0.15) is 5.78 Å². The zero-order valence-corrected chi connectivity index (χ0v) is 11.5. The van der Waals surface area contributed by atoms with Crippen LogP contribution in [-0.4, -0.2) is 11.5 Å². The summed E-state index contributed by atoms with van der Waals surface area (Å²) in [7, 11) is 0. The Morgan fingerprint density at radius 1 is 1.06 bits per heavy atom. The Balaban J connectivity index is 1.86. The van der Waals surface area contributed by atoms with Gasteiger partial charge in [-0.3, -0.25) is 0 Å². The molecule has 2 rings (SSSR count). The number of rotatable bonds is 6. The van der Waals surface area contributed by atoms with Crippen molar-refractivity contribution >= 4 is 28.3 Å². The molecule has 18 heavy (non-hydrogen) atoms. The molecule has 0 N–H and O–H groups in total. The maximum atomic E-state index is 10.8. The van der Waals surface area contributed by atoms with E-state index in [-0.39, 0.29) is 0 Å². The first-order valence-electron chi connectivity index (χ1n) is 6.37. The van der Waals surface area contributed by atoms with Crippen LogP contribution < -0.4 is 0 Å². The first-order chi connectivity index (χ1) is 8.75. The third kappa shape index (κ3) is 3.88. The van der Waals surface area contributed by atoms with Gasteiger partial charge in [-0.1, -0.05) is 30.3 Å². The van der Waals surface area contributed by atoms with Crippen molar-refractivity contribution in [3.05, 3.63) is 42.5 Å². The first kappa shape index (κ1) is 13.2. The number of carbonyl (C=O) groups excluding carboxylic acids is 1. The summed E-state index contributed by atoms with van der Waals surface area (Å²) in [5.41, 5.74) is 0. The molecule has 0 bridgehead atoms. The van der Waals surface area contributed by atoms with E-state index in [0.717, 1.165) is 25.0 Å². The topological polar surface area (TPSA) is 17.1 Å². The smallest absolute Gasteiger partial charge is 0.129 e. The predicted molar refractivity (Wildman–Crippen MR) is 79.2 cm³/mol. The number of benzene rings is 2. The van der Waals surface area contributed by atoms with Gasteiger partial charge in [0, 0.05) is 11.3 Å². The third-order valence-electron chi connectivity index (χ3n) is 2.91. The fourth-order valence-corrected chi connectivity index (χ4v) is 2.88. The van der Waals surface area contributed by atoms with E-state index in [2.05, 4.69) is 42.5 Å². The van der Waals surface area contributed by atoms with Crippen molar-refractivity contribution < 1.29 is 4.79 Å². The van der Waals surface area contributed by atoms with Gasteiger partial charge < -0.3 is 4.79 Å². The molecule has 0 radical (unpaired) electrons. The highest BCUT2D eigenvalue weighted by atomic mass is 32.2. The molecule has 1 nitrogen and oxygen atoms in total. The number of unbranched alkanes of at least 4 members (excludes halogenated alkanes) is 1. The van der Waals surface area contributed by atoms with Gasteiger partial charge in [0.25, 0.3) is 0 Å². The number of ketones is 1. The summed E-state index contributed by atoms with van der Waals surface area (Å²) in [4.78, 5) is 12.1. The van der Waals surface area contributed by atoms with Crippen LogP contribution in [0, 0.1) is 0 Å². The van der Waals surface area contributed by atoms with E-state index in [1.807, 2.05) is 11.8 Å². The van der Waals surface area contributed by atoms with Crippen LogP contribution in [0.25, 0.3) is 10.8 Å². The molecule has 0 saturated heterocycles. The van der Waals surface area contributed by atoms with E-state index in [0.29, 0.717) is 5.78 Å². The quantitative estimate of drug-likeness (QED) is 0.552. The molecule has 0 unspecified atom stereocenters. The lowest BCUT2D eigenvalue weighted by atomic mass is 10.1. The molecule has 0 aromatic heterocycles. The summed E-state index contributed by atoms with van der Waals surface area (Å²) in [6.07, 6.45) is 2.84. The Labute approximate surface area is 113 Å². The highest BCUT2D eigenvalue weighted by Gasteiger charge is 1.98. The van der Waals surface area contributed by atoms with Crippen molar-refractivity contribution in [1.82, 2.24) is 0 Å². The third-order valence-corrected chi connectivity index (χ3v) is 3.99. The lowest BCUT2D eigenvalue weighted by Gasteiger charge is -2.03. The summed E-state index contributed by atoms with van der Waals surface area (Å²) >= 11 is 1.88. The van der Waals surface area contributed by atoms with Crippen molar-refractivity contribution in [2.45, 2.75) is 31.1 Å². The predicted octanol–water partition coefficient (Wildman–Crippen LogP) is 4.69. The van der Waals surface area contributed by atoms with Crippen LogP contribution in [0.2, 0.25) is 0 Å². The van der Waals surface area contributed by atoms with Crippen LogP contribution in [0.1, 0.15) is 26.2 Å². The van der Waals surface area contributed by atoms with Gasteiger partial charge >= 0.3 is 0 Å². The van der Waals surface area contributed by atoms with Gasteiger partial charge in [-0.25, -0.2) is 0 Å². The molecule has 0 aliphatic rings. The molecule has 2 aromatic rings. The molecule has 0 spiro atoms. The maximum absolute atomic E-state index is 10.8. The minimum Gasteiger partial charge on any atom is -0.300 e. The lowest BCUT2D eigenvalue weighted by Crippen LogP contribution is -1.90. The zero-order chi connectivity index (χ0) is 12.8. The molecular formula is C16H18OS. The molecule has 0 heterocycles. The Kier molecular flexibility index (Phi) is 4.82. The van der Waals surface area contributed by atoms with Gasteiger partial charge in [-0.15, -0.1) is 11.8 Å². The van der Waals surface area contributed by atoms with Gasteiger partial charge in [0.2, 0.25) is 0 Å². The number of hydrogen-bond donors (Lipinski definition) is 0. The largest absolute Gasteiger partial charge is 0.300 e. The summed E-state index contributed by atoms with van der Waals surface area (Å²) in [6.45, 7) is 1.66. The monoisotopic (exact) mass is 258 g/mol. The number of carbonyl (C=O) groups is 1. The minimum absolute atomic E-state index is 0.297. The second kappa shape index (κ2) is 6.60. The standard InChI is InChI=1S/C16H18OS/c1-13(17)6-4-5-11-18-16-10-9-14-7-2-3-8-15(14)12-16/h2-3,7-10,12H,4-6,11H2,1H3. The van der Waals surface area contributed by atoms with E-state index in [1.165, 1.54) is 15.7 Å². The first-order valence-corrected chi connectivity index (χ1v) is 7.35. The van der Waals surface area contributed by atoms with Gasteiger partial charge in [-0.05, 0) is 48.4 Å². The van der Waals surface area contributed by atoms with Crippen LogP contribution in [0.15, 0.2) is 47.4 Å². The summed E-state index contributed by atoms with van der Waals surface area (Å²) in [5, 5.41) is 2.59. The Morgan fingerprint density at radius 2 is 1.83 bits per heavy atom. The Morgan fingerprint density at radius 3 is 2.61 bits per heavy atom. The maximum Gasteiger partial charge on any atom is 0.129 e. The highest BCUT2D eigenvalue weighted by Crippen LogP contribution is 2.24. The van der Waals surface area contributed by atoms with Crippen molar-refractivity contribution in [3.63, 3.8) is 0 Å². The number of Topliss-reactive ketones (excluding diaryl/α,β-unsaturated/α-hetero) is 1. The second-order valence-corrected chi connectivity index (χ2v) is 5.68.